The highest BCUT2D eigenvalue weighted by molar-refractivity contribution is 6.31. The Morgan fingerprint density at radius 2 is 1.78 bits per heavy atom. The predicted molar refractivity (Wildman–Crippen MR) is 104 cm³/mol. The first-order chi connectivity index (χ1) is 13.2. The molecule has 4 rings (SSSR count). The minimum absolute atomic E-state index is 0.206. The molecule has 2 aromatic carbocycles. The number of nitrogens with zero attached hydrogens (tertiary/aromatic N) is 4. The van der Waals surface area contributed by atoms with Gasteiger partial charge in [0.25, 0.3) is 5.91 Å². The Morgan fingerprint density at radius 3 is 2.52 bits per heavy atom. The summed E-state index contributed by atoms with van der Waals surface area (Å²) < 4.78 is 3.44. The number of aromatic nitrogens is 4. The zero-order chi connectivity index (χ0) is 18.6. The molecule has 0 bridgehead atoms. The third kappa shape index (κ3) is 3.75. The van der Waals surface area contributed by atoms with E-state index in [4.69, 9.17) is 11.6 Å². The Morgan fingerprint density at radius 1 is 0.963 bits per heavy atom. The Hall–Kier alpha value is -3.38. The van der Waals surface area contributed by atoms with Crippen molar-refractivity contribution in [3.05, 3.63) is 95.4 Å². The fourth-order valence-corrected chi connectivity index (χ4v) is 2.92. The van der Waals surface area contributed by atoms with Crippen LogP contribution in [-0.4, -0.2) is 25.5 Å². The van der Waals surface area contributed by atoms with Crippen LogP contribution in [0.5, 0.6) is 0 Å². The number of carbonyl (C=O) groups is 1. The molecule has 1 N–H and O–H groups in total. The first-order valence-electron chi connectivity index (χ1n) is 8.37. The molecule has 134 valence electrons. The van der Waals surface area contributed by atoms with E-state index in [1.807, 2.05) is 48.7 Å². The second-order valence-electron chi connectivity index (χ2n) is 5.92. The van der Waals surface area contributed by atoms with Gasteiger partial charge in [-0.05, 0) is 42.0 Å². The molecule has 0 aliphatic rings. The molecule has 27 heavy (non-hydrogen) atoms. The third-order valence-electron chi connectivity index (χ3n) is 4.13. The maximum Gasteiger partial charge on any atom is 0.256 e. The average molecular weight is 378 g/mol. The number of anilines is 1. The number of halogens is 1. The van der Waals surface area contributed by atoms with Crippen LogP contribution in [0.2, 0.25) is 5.02 Å². The van der Waals surface area contributed by atoms with Crippen LogP contribution in [0.1, 0.15) is 15.9 Å². The van der Waals surface area contributed by atoms with E-state index in [1.54, 1.807) is 40.0 Å². The Bertz CT molecular complexity index is 1050. The summed E-state index contributed by atoms with van der Waals surface area (Å²) in [5.41, 5.74) is 2.37. The summed E-state index contributed by atoms with van der Waals surface area (Å²) in [5.74, 6) is 0.402. The topological polar surface area (TPSA) is 64.7 Å². The number of benzene rings is 2. The summed E-state index contributed by atoms with van der Waals surface area (Å²) >= 11 is 6.22. The van der Waals surface area contributed by atoms with Crippen molar-refractivity contribution in [1.29, 1.82) is 0 Å². The summed E-state index contributed by atoms with van der Waals surface area (Å²) in [5, 5.41) is 12.0. The van der Waals surface area contributed by atoms with Crippen molar-refractivity contribution in [2.45, 2.75) is 6.54 Å². The van der Waals surface area contributed by atoms with E-state index in [0.29, 0.717) is 22.9 Å². The number of nitrogens with one attached hydrogen (secondary N) is 1. The van der Waals surface area contributed by atoms with E-state index in [0.717, 1.165) is 11.3 Å². The van der Waals surface area contributed by atoms with Gasteiger partial charge in [0.2, 0.25) is 0 Å². The van der Waals surface area contributed by atoms with E-state index >= 15 is 0 Å². The van der Waals surface area contributed by atoms with Gasteiger partial charge in [-0.15, -0.1) is 0 Å². The number of hydrogen-bond acceptors (Lipinski definition) is 3. The summed E-state index contributed by atoms with van der Waals surface area (Å²) in [6.07, 6.45) is 5.20. The quantitative estimate of drug-likeness (QED) is 0.571. The van der Waals surface area contributed by atoms with Crippen molar-refractivity contribution in [2.24, 2.45) is 0 Å². The highest BCUT2D eigenvalue weighted by Gasteiger charge is 2.11. The zero-order valence-electron chi connectivity index (χ0n) is 14.3. The van der Waals surface area contributed by atoms with Gasteiger partial charge in [-0.25, -0.2) is 9.36 Å². The molecule has 0 saturated heterocycles. The number of hydrogen-bond donors (Lipinski definition) is 1. The van der Waals surface area contributed by atoms with Crippen LogP contribution < -0.4 is 5.32 Å². The normalized spacial score (nSPS) is 10.7. The molecule has 0 aliphatic heterocycles. The van der Waals surface area contributed by atoms with Gasteiger partial charge < -0.3 is 5.32 Å². The molecule has 0 saturated carbocycles. The zero-order valence-corrected chi connectivity index (χ0v) is 15.0. The molecule has 0 radical (unpaired) electrons. The lowest BCUT2D eigenvalue weighted by Crippen LogP contribution is -2.16. The molecule has 2 aromatic heterocycles. The van der Waals surface area contributed by atoms with E-state index in [-0.39, 0.29) is 5.91 Å². The maximum atomic E-state index is 12.6. The van der Waals surface area contributed by atoms with E-state index in [9.17, 15) is 4.79 Å². The SMILES string of the molecule is O=C(Nc1ccnn1Cc1ccccc1Cl)c1ccc(-n2cccn2)cc1. The van der Waals surface area contributed by atoms with E-state index in [1.165, 1.54) is 0 Å². The van der Waals surface area contributed by atoms with Gasteiger partial charge in [-0.2, -0.15) is 10.2 Å². The van der Waals surface area contributed by atoms with Crippen LogP contribution in [0.3, 0.4) is 0 Å². The fourth-order valence-electron chi connectivity index (χ4n) is 2.73. The van der Waals surface area contributed by atoms with Crippen LogP contribution in [0.25, 0.3) is 5.69 Å². The Balaban J connectivity index is 1.49. The highest BCUT2D eigenvalue weighted by atomic mass is 35.5. The molecule has 1 amide bonds. The molecule has 2 heterocycles. The standard InChI is InChI=1S/C20H16ClN5O/c21-18-5-2-1-4-16(18)14-26-19(10-12-23-26)24-20(27)15-6-8-17(9-7-15)25-13-3-11-22-25/h1-13H,14H2,(H,24,27). The number of rotatable bonds is 5. The fraction of sp³-hybridized carbons (Fsp3) is 0.0500. The molecular weight excluding hydrogens is 362 g/mol. The molecule has 0 spiro atoms. The molecule has 7 heteroatoms. The second-order valence-corrected chi connectivity index (χ2v) is 6.32. The van der Waals surface area contributed by atoms with Crippen LogP contribution >= 0.6 is 11.6 Å². The lowest BCUT2D eigenvalue weighted by molar-refractivity contribution is 0.102. The Kier molecular flexibility index (Phi) is 4.72. The van der Waals surface area contributed by atoms with Crippen molar-refractivity contribution in [1.82, 2.24) is 19.6 Å². The van der Waals surface area contributed by atoms with Crippen LogP contribution in [0.4, 0.5) is 5.82 Å². The molecule has 0 unspecified atom stereocenters. The predicted octanol–water partition coefficient (Wildman–Crippen LogP) is 4.02. The summed E-state index contributed by atoms with van der Waals surface area (Å²) in [6.45, 7) is 0.473. The van der Waals surface area contributed by atoms with Gasteiger partial charge in [0.05, 0.1) is 18.4 Å². The second kappa shape index (κ2) is 7.47. The van der Waals surface area contributed by atoms with Crippen molar-refractivity contribution in [2.75, 3.05) is 5.32 Å². The van der Waals surface area contributed by atoms with E-state index < -0.39 is 0 Å². The smallest absolute Gasteiger partial charge is 0.256 e. The van der Waals surface area contributed by atoms with Crippen LogP contribution in [-0.2, 0) is 6.54 Å². The third-order valence-corrected chi connectivity index (χ3v) is 4.50. The molecule has 0 atom stereocenters. The lowest BCUT2D eigenvalue weighted by atomic mass is 10.2. The molecular formula is C20H16ClN5O. The average Bonchev–Trinajstić information content (AvgIpc) is 3.36. The monoisotopic (exact) mass is 377 g/mol. The van der Waals surface area contributed by atoms with Gasteiger partial charge >= 0.3 is 0 Å². The molecule has 0 fully saturated rings. The molecule has 6 nitrogen and oxygen atoms in total. The Labute approximate surface area is 161 Å². The number of amides is 1. The van der Waals surface area contributed by atoms with Gasteiger partial charge in [-0.3, -0.25) is 4.79 Å². The lowest BCUT2D eigenvalue weighted by Gasteiger charge is -2.10. The summed E-state index contributed by atoms with van der Waals surface area (Å²) in [7, 11) is 0. The largest absolute Gasteiger partial charge is 0.307 e. The van der Waals surface area contributed by atoms with Crippen molar-refractivity contribution < 1.29 is 4.79 Å². The highest BCUT2D eigenvalue weighted by Crippen LogP contribution is 2.18. The van der Waals surface area contributed by atoms with Gasteiger partial charge in [0.1, 0.15) is 5.82 Å². The van der Waals surface area contributed by atoms with Crippen LogP contribution in [0.15, 0.2) is 79.3 Å². The van der Waals surface area contributed by atoms with Crippen molar-refractivity contribution in [3.63, 3.8) is 0 Å². The van der Waals surface area contributed by atoms with E-state index in [2.05, 4.69) is 15.5 Å². The van der Waals surface area contributed by atoms with Gasteiger partial charge in [0.15, 0.2) is 0 Å². The van der Waals surface area contributed by atoms with Gasteiger partial charge in [0, 0.05) is 29.0 Å². The van der Waals surface area contributed by atoms with Gasteiger partial charge in [-0.1, -0.05) is 29.8 Å². The molecule has 4 aromatic rings. The first kappa shape index (κ1) is 17.1. The maximum absolute atomic E-state index is 12.6. The summed E-state index contributed by atoms with van der Waals surface area (Å²) in [4.78, 5) is 12.6. The van der Waals surface area contributed by atoms with Crippen molar-refractivity contribution in [3.8, 4) is 5.69 Å². The minimum atomic E-state index is -0.206. The first-order valence-corrected chi connectivity index (χ1v) is 8.75. The number of carbonyl (C=O) groups excluding carboxylic acids is 1. The minimum Gasteiger partial charge on any atom is -0.307 e. The van der Waals surface area contributed by atoms with Crippen LogP contribution in [0, 0.1) is 0 Å². The van der Waals surface area contributed by atoms with Crippen molar-refractivity contribution >= 4 is 23.3 Å². The summed E-state index contributed by atoms with van der Waals surface area (Å²) in [6, 6.07) is 18.4. The molecule has 0 aliphatic carbocycles.